The van der Waals surface area contributed by atoms with Crippen molar-refractivity contribution in [1.82, 2.24) is 0 Å². The van der Waals surface area contributed by atoms with Crippen LogP contribution in [-0.2, 0) is 11.0 Å². The van der Waals surface area contributed by atoms with Gasteiger partial charge in [-0.1, -0.05) is 38.1 Å². The first-order valence-corrected chi connectivity index (χ1v) is 11.0. The van der Waals surface area contributed by atoms with Crippen LogP contribution in [0, 0.1) is 10.8 Å². The van der Waals surface area contributed by atoms with Crippen molar-refractivity contribution in [3.05, 3.63) is 53.1 Å². The largest absolute Gasteiger partial charge is 1.00 e. The van der Waals surface area contributed by atoms with Gasteiger partial charge in [0.25, 0.3) is 0 Å². The van der Waals surface area contributed by atoms with Gasteiger partial charge in [-0.3, -0.25) is 0 Å². The Morgan fingerprint density at radius 1 is 1.12 bits per heavy atom. The quantitative estimate of drug-likeness (QED) is 0.584. The maximum absolute atomic E-state index is 13.0. The minimum Gasteiger partial charge on any atom is -0.550 e. The molecule has 0 amide bonds. The molecule has 8 heteroatoms. The number of hydrogen-bond acceptors (Lipinski definition) is 4. The van der Waals surface area contributed by atoms with Crippen LogP contribution in [0.25, 0.3) is 5.57 Å². The molecule has 1 aromatic carbocycles. The molecule has 4 nitrogen and oxygen atoms in total. The predicted molar refractivity (Wildman–Crippen MR) is 113 cm³/mol. The molecule has 3 aliphatic rings. The summed E-state index contributed by atoms with van der Waals surface area (Å²) >= 11 is 0. The zero-order chi connectivity index (χ0) is 23.7. The van der Waals surface area contributed by atoms with Crippen molar-refractivity contribution in [3.8, 4) is 0 Å². The fourth-order valence-electron chi connectivity index (χ4n) is 5.00. The maximum atomic E-state index is 13.0. The summed E-state index contributed by atoms with van der Waals surface area (Å²) in [7, 11) is 0. The van der Waals surface area contributed by atoms with Crippen LogP contribution >= 0.6 is 0 Å². The number of aliphatic hydroxyl groups is 2. The molecule has 2 unspecified atom stereocenters. The molecular formula is C25H30F3NaO4. The van der Waals surface area contributed by atoms with Gasteiger partial charge in [0.2, 0.25) is 0 Å². The van der Waals surface area contributed by atoms with Crippen LogP contribution < -0.4 is 34.7 Å². The number of fused-ring (bicyclic) bond motifs is 3. The second kappa shape index (κ2) is 10.6. The Balaban J connectivity index is 0.00000385. The third-order valence-electron chi connectivity index (χ3n) is 7.10. The Hall–Kier alpha value is -1.12. The summed E-state index contributed by atoms with van der Waals surface area (Å²) in [4.78, 5) is 10.6. The van der Waals surface area contributed by atoms with E-state index in [0.29, 0.717) is 0 Å². The van der Waals surface area contributed by atoms with Gasteiger partial charge in [0.15, 0.2) is 0 Å². The topological polar surface area (TPSA) is 80.6 Å². The first-order valence-electron chi connectivity index (χ1n) is 11.0. The Morgan fingerprint density at radius 3 is 2.21 bits per heavy atom. The molecule has 1 saturated carbocycles. The number of carboxylic acids is 1. The first kappa shape index (κ1) is 28.1. The number of carbonyl (C=O) groups is 1. The summed E-state index contributed by atoms with van der Waals surface area (Å²) in [5.41, 5.74) is 1.92. The third kappa shape index (κ3) is 6.95. The van der Waals surface area contributed by atoms with E-state index in [0.717, 1.165) is 60.9 Å². The second-order valence-electron chi connectivity index (χ2n) is 9.91. The van der Waals surface area contributed by atoms with Crippen molar-refractivity contribution in [3.63, 3.8) is 0 Å². The molecule has 0 aromatic heterocycles. The standard InChI is InChI=1S/C25H31F3O4.Na/c1-23-9-11-24(2,12-10-23)21(8-7-18(29)13-19(30)14-22(31)32)20(15-23)16-3-5-17(6-4-16)25(26,27)28;/h3-8,18-19,29-30H,9-15H2,1-2H3,(H,31,32);/q;+1/p-1/b8-7+;. The van der Waals surface area contributed by atoms with E-state index in [1.165, 1.54) is 12.1 Å². The van der Waals surface area contributed by atoms with Gasteiger partial charge in [0.1, 0.15) is 0 Å². The van der Waals surface area contributed by atoms with E-state index in [4.69, 9.17) is 0 Å². The number of rotatable bonds is 7. The van der Waals surface area contributed by atoms with Crippen LogP contribution in [0.5, 0.6) is 0 Å². The van der Waals surface area contributed by atoms with Gasteiger partial charge in [0.05, 0.1) is 17.8 Å². The number of aliphatic hydroxyl groups excluding tert-OH is 2. The molecule has 2 N–H and O–H groups in total. The van der Waals surface area contributed by atoms with Gasteiger partial charge < -0.3 is 20.1 Å². The van der Waals surface area contributed by atoms with E-state index in [-0.39, 0.29) is 46.8 Å². The molecule has 3 aliphatic carbocycles. The van der Waals surface area contributed by atoms with Crippen LogP contribution in [0.2, 0.25) is 0 Å². The summed E-state index contributed by atoms with van der Waals surface area (Å²) < 4.78 is 39.1. The summed E-state index contributed by atoms with van der Waals surface area (Å²) in [5, 5.41) is 30.7. The minimum atomic E-state index is -4.40. The SMILES string of the molecule is CC12CCC(C)(CC1)C(/C=C/C(O)CC(O)CC(=O)[O-])=C(c1ccc(C(F)(F)F)cc1)C2.[Na+]. The van der Waals surface area contributed by atoms with Gasteiger partial charge in [-0.05, 0) is 71.8 Å². The van der Waals surface area contributed by atoms with Gasteiger partial charge in [0, 0.05) is 18.8 Å². The second-order valence-corrected chi connectivity index (χ2v) is 9.91. The number of allylic oxidation sites excluding steroid dienone is 3. The average molecular weight is 474 g/mol. The maximum Gasteiger partial charge on any atom is 1.00 e. The zero-order valence-electron chi connectivity index (χ0n) is 19.4. The number of benzene rings is 1. The van der Waals surface area contributed by atoms with Crippen LogP contribution in [-0.4, -0.2) is 28.4 Å². The Labute approximate surface area is 214 Å². The van der Waals surface area contributed by atoms with E-state index in [2.05, 4.69) is 13.8 Å². The Bertz CT molecular complexity index is 897. The smallest absolute Gasteiger partial charge is 0.550 e. The Morgan fingerprint density at radius 2 is 1.70 bits per heavy atom. The van der Waals surface area contributed by atoms with E-state index >= 15 is 0 Å². The number of halogens is 3. The number of aliphatic carboxylic acids is 1. The third-order valence-corrected chi connectivity index (χ3v) is 7.10. The van der Waals surface area contributed by atoms with Crippen LogP contribution in [0.4, 0.5) is 13.2 Å². The fraction of sp³-hybridized carbons (Fsp3) is 0.560. The van der Waals surface area contributed by atoms with Crippen molar-refractivity contribution < 1.29 is 62.8 Å². The van der Waals surface area contributed by atoms with Crippen molar-refractivity contribution in [2.75, 3.05) is 0 Å². The van der Waals surface area contributed by atoms with Crippen LogP contribution in [0.15, 0.2) is 42.0 Å². The average Bonchev–Trinajstić information content (AvgIpc) is 2.86. The molecule has 0 aliphatic heterocycles. The molecule has 0 heterocycles. The molecular weight excluding hydrogens is 444 g/mol. The Kier molecular flexibility index (Phi) is 9.07. The number of hydrogen-bond donors (Lipinski definition) is 2. The normalized spacial score (nSPS) is 27.2. The zero-order valence-corrected chi connectivity index (χ0v) is 21.4. The van der Waals surface area contributed by atoms with E-state index < -0.39 is 36.3 Å². The molecule has 33 heavy (non-hydrogen) atoms. The van der Waals surface area contributed by atoms with E-state index in [9.17, 15) is 33.3 Å². The predicted octanol–water partition coefficient (Wildman–Crippen LogP) is 1.26. The monoisotopic (exact) mass is 474 g/mol. The molecule has 176 valence electrons. The minimum absolute atomic E-state index is 0. The number of carboxylic acid groups (broad SMARTS) is 1. The summed E-state index contributed by atoms with van der Waals surface area (Å²) in [6.07, 6.45) is 0.646. The van der Waals surface area contributed by atoms with Crippen LogP contribution in [0.1, 0.15) is 69.9 Å². The van der Waals surface area contributed by atoms with Crippen LogP contribution in [0.3, 0.4) is 0 Å². The molecule has 4 rings (SSSR count). The number of alkyl halides is 3. The van der Waals surface area contributed by atoms with Crippen molar-refractivity contribution in [2.24, 2.45) is 10.8 Å². The van der Waals surface area contributed by atoms with Crippen molar-refractivity contribution >= 4 is 11.5 Å². The molecule has 1 fully saturated rings. The molecule has 0 spiro atoms. The van der Waals surface area contributed by atoms with Gasteiger partial charge in [-0.15, -0.1) is 0 Å². The van der Waals surface area contributed by atoms with Gasteiger partial charge in [-0.2, -0.15) is 13.2 Å². The summed E-state index contributed by atoms with van der Waals surface area (Å²) in [6, 6.07) is 5.24. The van der Waals surface area contributed by atoms with Crippen molar-refractivity contribution in [1.29, 1.82) is 0 Å². The molecule has 2 bridgehead atoms. The van der Waals surface area contributed by atoms with Gasteiger partial charge in [-0.25, -0.2) is 0 Å². The fourth-order valence-corrected chi connectivity index (χ4v) is 5.00. The molecule has 0 saturated heterocycles. The molecule has 0 radical (unpaired) electrons. The van der Waals surface area contributed by atoms with E-state index in [1.54, 1.807) is 6.08 Å². The van der Waals surface area contributed by atoms with E-state index in [1.807, 2.05) is 6.08 Å². The molecule has 1 aromatic rings. The number of carbonyl (C=O) groups excluding carboxylic acids is 1. The van der Waals surface area contributed by atoms with Crippen molar-refractivity contribution in [2.45, 2.75) is 77.2 Å². The van der Waals surface area contributed by atoms with Gasteiger partial charge >= 0.3 is 35.7 Å². The summed E-state index contributed by atoms with van der Waals surface area (Å²) in [5.74, 6) is -1.39. The summed E-state index contributed by atoms with van der Waals surface area (Å²) in [6.45, 7) is 4.37. The first-order chi connectivity index (χ1) is 14.8. The molecule has 2 atom stereocenters.